The molecule has 0 spiro atoms. The van der Waals surface area contributed by atoms with Gasteiger partial charge in [-0.25, -0.2) is 0 Å². The largest absolute Gasteiger partial charge is 0.457 e. The van der Waals surface area contributed by atoms with Crippen LogP contribution in [0.1, 0.15) is 16.8 Å². The van der Waals surface area contributed by atoms with Gasteiger partial charge in [-0.1, -0.05) is 36.4 Å². The number of ether oxygens (including phenoxy) is 1. The molecule has 2 aromatic carbocycles. The van der Waals surface area contributed by atoms with Crippen LogP contribution in [0.5, 0.6) is 11.5 Å². The van der Waals surface area contributed by atoms with Gasteiger partial charge in [0, 0.05) is 11.3 Å². The third-order valence-corrected chi connectivity index (χ3v) is 4.77. The molecule has 3 N–H and O–H groups in total. The van der Waals surface area contributed by atoms with Gasteiger partial charge in [-0.15, -0.1) is 11.8 Å². The van der Waals surface area contributed by atoms with Crippen molar-refractivity contribution in [2.45, 2.75) is 6.42 Å². The Bertz CT molecular complexity index is 1020. The van der Waals surface area contributed by atoms with Crippen LogP contribution in [0.2, 0.25) is 0 Å². The zero-order valence-corrected chi connectivity index (χ0v) is 15.9. The maximum Gasteiger partial charge on any atom is 0.261 e. The highest BCUT2D eigenvalue weighted by molar-refractivity contribution is 8.02. The molecule has 0 saturated heterocycles. The number of nitrogens with one attached hydrogen (secondary N) is 1. The fraction of sp³-hybridized carbons (Fsp3) is 0.0909. The van der Waals surface area contributed by atoms with E-state index < -0.39 is 11.5 Å². The molecule has 1 amide bonds. The maximum atomic E-state index is 11.9. The Morgan fingerprint density at radius 1 is 1.00 bits per heavy atom. The van der Waals surface area contributed by atoms with Gasteiger partial charge in [0.1, 0.15) is 17.1 Å². The Morgan fingerprint density at radius 2 is 1.75 bits per heavy atom. The van der Waals surface area contributed by atoms with Crippen molar-refractivity contribution in [1.29, 1.82) is 0 Å². The van der Waals surface area contributed by atoms with E-state index in [0.29, 0.717) is 22.8 Å². The molecule has 1 aliphatic heterocycles. The molecule has 6 heteroatoms. The summed E-state index contributed by atoms with van der Waals surface area (Å²) in [4.78, 5) is 25.7. The van der Waals surface area contributed by atoms with Crippen molar-refractivity contribution < 1.29 is 9.53 Å². The molecular weight excluding hydrogens is 372 g/mol. The fourth-order valence-electron chi connectivity index (χ4n) is 2.56. The minimum absolute atomic E-state index is 0.0739. The summed E-state index contributed by atoms with van der Waals surface area (Å²) in [6, 6.07) is 19.7. The van der Waals surface area contributed by atoms with E-state index in [9.17, 15) is 9.59 Å². The summed E-state index contributed by atoms with van der Waals surface area (Å²) in [5.41, 5.74) is 5.81. The van der Waals surface area contributed by atoms with E-state index in [0.717, 1.165) is 0 Å². The van der Waals surface area contributed by atoms with Crippen molar-refractivity contribution in [3.63, 3.8) is 0 Å². The van der Waals surface area contributed by atoms with Crippen LogP contribution >= 0.6 is 11.8 Å². The lowest BCUT2D eigenvalue weighted by atomic mass is 10.1. The van der Waals surface area contributed by atoms with Crippen molar-refractivity contribution in [1.82, 2.24) is 4.98 Å². The molecule has 5 nitrogen and oxygen atoms in total. The number of aromatic amines is 1. The van der Waals surface area contributed by atoms with E-state index in [1.54, 1.807) is 6.07 Å². The van der Waals surface area contributed by atoms with Gasteiger partial charge in [0.15, 0.2) is 0 Å². The number of hydrogen-bond acceptors (Lipinski definition) is 4. The van der Waals surface area contributed by atoms with Gasteiger partial charge in [0.2, 0.25) is 0 Å². The van der Waals surface area contributed by atoms with Crippen molar-refractivity contribution in [2.75, 3.05) is 5.75 Å². The first-order chi connectivity index (χ1) is 13.6. The number of primary amides is 1. The second kappa shape index (κ2) is 9.62. The smallest absolute Gasteiger partial charge is 0.261 e. The predicted octanol–water partition coefficient (Wildman–Crippen LogP) is 4.57. The highest BCUT2D eigenvalue weighted by atomic mass is 32.2. The molecule has 4 rings (SSSR count). The maximum absolute atomic E-state index is 11.9. The number of nitrogens with two attached hydrogens (primary N) is 1. The summed E-state index contributed by atoms with van der Waals surface area (Å²) in [6.45, 7) is 0. The van der Waals surface area contributed by atoms with Crippen LogP contribution in [-0.2, 0) is 0 Å². The number of hydrogen-bond donors (Lipinski definition) is 2. The Hall–Kier alpha value is -3.25. The van der Waals surface area contributed by atoms with Crippen LogP contribution in [0.15, 0.2) is 83.0 Å². The first kappa shape index (κ1) is 19.5. The third kappa shape index (κ3) is 5.14. The monoisotopic (exact) mass is 392 g/mol. The van der Waals surface area contributed by atoms with Crippen LogP contribution < -0.4 is 16.0 Å². The average molecular weight is 392 g/mol. The Morgan fingerprint density at radius 3 is 2.36 bits per heavy atom. The quantitative estimate of drug-likeness (QED) is 0.681. The summed E-state index contributed by atoms with van der Waals surface area (Å²) in [6.07, 6.45) is 3.48. The van der Waals surface area contributed by atoms with Crippen LogP contribution in [0, 0.1) is 0 Å². The number of benzene rings is 2. The lowest BCUT2D eigenvalue weighted by Crippen LogP contribution is -2.23. The molecule has 2 heterocycles. The van der Waals surface area contributed by atoms with Gasteiger partial charge in [0.25, 0.3) is 11.5 Å². The Labute approximate surface area is 167 Å². The molecule has 0 fully saturated rings. The molecule has 0 radical (unpaired) electrons. The normalized spacial score (nSPS) is 12.1. The van der Waals surface area contributed by atoms with Gasteiger partial charge in [-0.2, -0.15) is 0 Å². The predicted molar refractivity (Wildman–Crippen MR) is 114 cm³/mol. The number of thioether (sulfide) groups is 1. The van der Waals surface area contributed by atoms with E-state index >= 15 is 0 Å². The highest BCUT2D eigenvalue weighted by Crippen LogP contribution is 2.31. The molecule has 28 heavy (non-hydrogen) atoms. The molecular formula is C22H20N2O3S. The second-order valence-corrected chi connectivity index (χ2v) is 6.94. The molecule has 0 saturated carbocycles. The van der Waals surface area contributed by atoms with E-state index in [4.69, 9.17) is 10.5 Å². The fourth-order valence-corrected chi connectivity index (χ4v) is 3.24. The number of carbonyl (C=O) groups is 1. The van der Waals surface area contributed by atoms with Gasteiger partial charge < -0.3 is 15.5 Å². The third-order valence-electron chi connectivity index (χ3n) is 3.92. The number of carbonyl (C=O) groups excluding carboxylic acids is 1. The zero-order chi connectivity index (χ0) is 19.8. The first-order valence-corrected chi connectivity index (χ1v) is 9.82. The summed E-state index contributed by atoms with van der Waals surface area (Å²) in [5, 5.41) is 2.15. The number of amides is 1. The number of allylic oxidation sites excluding steroid dienone is 1. The van der Waals surface area contributed by atoms with E-state index in [-0.39, 0.29) is 5.56 Å². The van der Waals surface area contributed by atoms with E-state index in [1.165, 1.54) is 18.2 Å². The number of para-hydroxylation sites is 2. The summed E-state index contributed by atoms with van der Waals surface area (Å²) in [7, 11) is 0. The van der Waals surface area contributed by atoms with Crippen molar-refractivity contribution in [2.24, 2.45) is 5.73 Å². The van der Waals surface area contributed by atoms with Gasteiger partial charge in [-0.05, 0) is 48.2 Å². The minimum Gasteiger partial charge on any atom is -0.457 e. The van der Waals surface area contributed by atoms with Crippen molar-refractivity contribution >= 4 is 17.7 Å². The summed E-state index contributed by atoms with van der Waals surface area (Å²) < 4.78 is 5.87. The standard InChI is InChI=1S/C18H14N2O3.C4H6S/c19-17(21)14-10-11-15(20-18(14)22)13-8-4-5-9-16(13)23-12-6-2-1-3-7-12;1-2-4-5-3-1/h1-11H,(H2,19,21)(H,20,22);1,3H,2,4H2. The number of H-pyrrole nitrogens is 1. The van der Waals surface area contributed by atoms with Gasteiger partial charge in [-0.3, -0.25) is 9.59 Å². The number of rotatable bonds is 4. The van der Waals surface area contributed by atoms with Gasteiger partial charge >= 0.3 is 0 Å². The van der Waals surface area contributed by atoms with Crippen LogP contribution in [0.3, 0.4) is 0 Å². The van der Waals surface area contributed by atoms with E-state index in [1.807, 2.05) is 66.4 Å². The molecule has 1 aromatic heterocycles. The molecule has 142 valence electrons. The van der Waals surface area contributed by atoms with Gasteiger partial charge in [0.05, 0.1) is 5.69 Å². The van der Waals surface area contributed by atoms with Crippen LogP contribution in [-0.4, -0.2) is 16.6 Å². The van der Waals surface area contributed by atoms with Crippen molar-refractivity contribution in [3.8, 4) is 22.8 Å². The Kier molecular flexibility index (Phi) is 6.70. The summed E-state index contributed by atoms with van der Waals surface area (Å²) >= 11 is 1.89. The molecule has 0 atom stereocenters. The zero-order valence-electron chi connectivity index (χ0n) is 15.1. The summed E-state index contributed by atoms with van der Waals surface area (Å²) in [5.74, 6) is 1.84. The SMILES string of the molecule is C1=CSCC1.NC(=O)c1ccc(-c2ccccc2Oc2ccccc2)[nH]c1=O. The van der Waals surface area contributed by atoms with Crippen LogP contribution in [0.25, 0.3) is 11.3 Å². The minimum atomic E-state index is -0.758. The Balaban J connectivity index is 0.000000391. The lowest BCUT2D eigenvalue weighted by Gasteiger charge is -2.11. The van der Waals surface area contributed by atoms with Crippen LogP contribution in [0.4, 0.5) is 0 Å². The number of aromatic nitrogens is 1. The topological polar surface area (TPSA) is 85.2 Å². The molecule has 1 aliphatic rings. The highest BCUT2D eigenvalue weighted by Gasteiger charge is 2.11. The molecule has 0 unspecified atom stereocenters. The molecule has 3 aromatic rings. The van der Waals surface area contributed by atoms with Crippen molar-refractivity contribution in [3.05, 3.63) is 94.1 Å². The number of pyridine rings is 1. The average Bonchev–Trinajstić information content (AvgIpc) is 3.29. The lowest BCUT2D eigenvalue weighted by molar-refractivity contribution is 0.0999. The second-order valence-electron chi connectivity index (χ2n) is 5.92. The first-order valence-electron chi connectivity index (χ1n) is 8.77. The molecule has 0 aliphatic carbocycles. The van der Waals surface area contributed by atoms with E-state index in [2.05, 4.69) is 16.5 Å². The molecule has 0 bridgehead atoms.